The Kier molecular flexibility index (Phi) is 4.80. The Morgan fingerprint density at radius 1 is 1.26 bits per heavy atom. The van der Waals surface area contributed by atoms with Gasteiger partial charge in [0.2, 0.25) is 5.91 Å². The van der Waals surface area contributed by atoms with E-state index in [0.717, 1.165) is 24.6 Å². The summed E-state index contributed by atoms with van der Waals surface area (Å²) >= 11 is 0. The van der Waals surface area contributed by atoms with E-state index in [-0.39, 0.29) is 11.8 Å². The molecule has 1 amide bonds. The molecule has 0 unspecified atom stereocenters. The molecular weight excluding hydrogens is 290 g/mol. The first-order valence-corrected chi connectivity index (χ1v) is 7.92. The Hall–Kier alpha value is -2.50. The molecule has 3 rings (SSSR count). The quantitative estimate of drug-likeness (QED) is 0.901. The molecule has 0 aliphatic carbocycles. The van der Waals surface area contributed by atoms with Gasteiger partial charge in [0.25, 0.3) is 0 Å². The van der Waals surface area contributed by atoms with Crippen LogP contribution < -0.4 is 10.2 Å². The summed E-state index contributed by atoms with van der Waals surface area (Å²) in [5.74, 6) is 1.36. The highest BCUT2D eigenvalue weighted by atomic mass is 16.1. The number of amides is 1. The second-order valence-corrected chi connectivity index (χ2v) is 5.91. The van der Waals surface area contributed by atoms with Crippen LogP contribution in [0, 0.1) is 11.8 Å². The molecule has 23 heavy (non-hydrogen) atoms. The molecule has 120 valence electrons. The molecule has 2 aromatic rings. The van der Waals surface area contributed by atoms with Crippen LogP contribution in [0.25, 0.3) is 0 Å². The number of hydrogen-bond donors (Lipinski definition) is 1. The largest absolute Gasteiger partial charge is 0.356 e. The average Bonchev–Trinajstić information content (AvgIpc) is 2.98. The van der Waals surface area contributed by atoms with Gasteiger partial charge in [-0.25, -0.2) is 4.98 Å². The summed E-state index contributed by atoms with van der Waals surface area (Å²) in [7, 11) is 0. The van der Waals surface area contributed by atoms with Crippen LogP contribution in [-0.4, -0.2) is 40.5 Å². The number of rotatable bonds is 5. The predicted octanol–water partition coefficient (Wildman–Crippen LogP) is 1.30. The lowest BCUT2D eigenvalue weighted by atomic mass is 9.97. The Morgan fingerprint density at radius 2 is 2.17 bits per heavy atom. The van der Waals surface area contributed by atoms with Crippen LogP contribution in [-0.2, 0) is 11.2 Å². The molecule has 2 atom stereocenters. The van der Waals surface area contributed by atoms with E-state index in [1.165, 1.54) is 0 Å². The third kappa shape index (κ3) is 3.83. The van der Waals surface area contributed by atoms with Crippen molar-refractivity contribution in [1.29, 1.82) is 0 Å². The number of nitrogens with one attached hydrogen (secondary N) is 1. The van der Waals surface area contributed by atoms with Crippen molar-refractivity contribution in [3.05, 3.63) is 48.7 Å². The Balaban J connectivity index is 1.51. The first-order chi connectivity index (χ1) is 11.2. The van der Waals surface area contributed by atoms with Gasteiger partial charge in [0.1, 0.15) is 5.82 Å². The van der Waals surface area contributed by atoms with E-state index in [1.54, 1.807) is 24.8 Å². The van der Waals surface area contributed by atoms with E-state index >= 15 is 0 Å². The molecule has 1 saturated heterocycles. The molecule has 1 aliphatic rings. The maximum atomic E-state index is 12.4. The molecular formula is C17H21N5O. The van der Waals surface area contributed by atoms with E-state index < -0.39 is 0 Å². The van der Waals surface area contributed by atoms with Gasteiger partial charge in [-0.1, -0.05) is 13.0 Å². The first kappa shape index (κ1) is 15.4. The number of aromatic nitrogens is 3. The standard InChI is InChI=1S/C17H21N5O/c1-13-11-22(16-4-2-3-6-20-16)12-15(13)17(23)21-7-5-14-10-18-8-9-19-14/h2-4,6,8-10,13,15H,5,7,11-12H2,1H3,(H,21,23)/t13-,15-/m1/s1. The summed E-state index contributed by atoms with van der Waals surface area (Å²) in [5.41, 5.74) is 0.891. The Bertz CT molecular complexity index is 634. The predicted molar refractivity (Wildman–Crippen MR) is 87.8 cm³/mol. The topological polar surface area (TPSA) is 71.0 Å². The van der Waals surface area contributed by atoms with E-state index in [1.807, 2.05) is 18.2 Å². The molecule has 1 aliphatic heterocycles. The molecule has 0 bridgehead atoms. The highest BCUT2D eigenvalue weighted by molar-refractivity contribution is 5.80. The van der Waals surface area contributed by atoms with Gasteiger partial charge >= 0.3 is 0 Å². The lowest BCUT2D eigenvalue weighted by molar-refractivity contribution is -0.125. The number of carbonyl (C=O) groups is 1. The zero-order valence-electron chi connectivity index (χ0n) is 13.2. The van der Waals surface area contributed by atoms with Crippen molar-refractivity contribution in [2.45, 2.75) is 13.3 Å². The number of anilines is 1. The summed E-state index contributed by atoms with van der Waals surface area (Å²) in [6, 6.07) is 5.86. The van der Waals surface area contributed by atoms with Crippen molar-refractivity contribution in [2.24, 2.45) is 11.8 Å². The normalized spacial score (nSPS) is 20.5. The molecule has 1 N–H and O–H groups in total. The second-order valence-electron chi connectivity index (χ2n) is 5.91. The minimum absolute atomic E-state index is 0.00105. The Labute approximate surface area is 136 Å². The van der Waals surface area contributed by atoms with Crippen LogP contribution in [0.3, 0.4) is 0 Å². The lowest BCUT2D eigenvalue weighted by Crippen LogP contribution is -2.36. The summed E-state index contributed by atoms with van der Waals surface area (Å²) in [5, 5.41) is 3.02. The highest BCUT2D eigenvalue weighted by Gasteiger charge is 2.35. The maximum Gasteiger partial charge on any atom is 0.225 e. The van der Waals surface area contributed by atoms with Gasteiger partial charge in [-0.3, -0.25) is 14.8 Å². The highest BCUT2D eigenvalue weighted by Crippen LogP contribution is 2.26. The molecule has 0 spiro atoms. The smallest absolute Gasteiger partial charge is 0.225 e. The van der Waals surface area contributed by atoms with Crippen LogP contribution in [0.15, 0.2) is 43.0 Å². The third-order valence-corrected chi connectivity index (χ3v) is 4.22. The number of nitrogens with zero attached hydrogens (tertiary/aromatic N) is 4. The molecule has 0 aromatic carbocycles. The van der Waals surface area contributed by atoms with E-state index in [4.69, 9.17) is 0 Å². The zero-order valence-corrected chi connectivity index (χ0v) is 13.2. The monoisotopic (exact) mass is 311 g/mol. The maximum absolute atomic E-state index is 12.4. The van der Waals surface area contributed by atoms with Crippen LogP contribution in [0.4, 0.5) is 5.82 Å². The van der Waals surface area contributed by atoms with E-state index in [9.17, 15) is 4.79 Å². The van der Waals surface area contributed by atoms with Crippen molar-refractivity contribution in [3.63, 3.8) is 0 Å². The van der Waals surface area contributed by atoms with Crippen molar-refractivity contribution in [1.82, 2.24) is 20.3 Å². The zero-order chi connectivity index (χ0) is 16.1. The molecule has 0 radical (unpaired) electrons. The van der Waals surface area contributed by atoms with Crippen molar-refractivity contribution < 1.29 is 4.79 Å². The Morgan fingerprint density at radius 3 is 2.91 bits per heavy atom. The summed E-state index contributed by atoms with van der Waals surface area (Å²) < 4.78 is 0. The summed E-state index contributed by atoms with van der Waals surface area (Å²) in [6.45, 7) is 4.29. The molecule has 0 saturated carbocycles. The summed E-state index contributed by atoms with van der Waals surface area (Å²) in [4.78, 5) is 27.2. The van der Waals surface area contributed by atoms with Crippen LogP contribution >= 0.6 is 0 Å². The minimum Gasteiger partial charge on any atom is -0.356 e. The van der Waals surface area contributed by atoms with Gasteiger partial charge in [0, 0.05) is 50.8 Å². The number of pyridine rings is 1. The van der Waals surface area contributed by atoms with E-state index in [2.05, 4.69) is 32.1 Å². The average molecular weight is 311 g/mol. The second kappa shape index (κ2) is 7.17. The van der Waals surface area contributed by atoms with Crippen LogP contribution in [0.1, 0.15) is 12.6 Å². The first-order valence-electron chi connectivity index (χ1n) is 7.92. The number of hydrogen-bond acceptors (Lipinski definition) is 5. The van der Waals surface area contributed by atoms with Gasteiger partial charge in [-0.05, 0) is 18.1 Å². The molecule has 6 nitrogen and oxygen atoms in total. The fourth-order valence-electron chi connectivity index (χ4n) is 2.94. The van der Waals surface area contributed by atoms with Crippen LogP contribution in [0.5, 0.6) is 0 Å². The van der Waals surface area contributed by atoms with Crippen molar-refractivity contribution in [3.8, 4) is 0 Å². The van der Waals surface area contributed by atoms with Gasteiger partial charge in [-0.2, -0.15) is 0 Å². The minimum atomic E-state index is -0.00105. The fourth-order valence-corrected chi connectivity index (χ4v) is 2.94. The van der Waals surface area contributed by atoms with Crippen LogP contribution in [0.2, 0.25) is 0 Å². The van der Waals surface area contributed by atoms with Gasteiger partial charge < -0.3 is 10.2 Å². The molecule has 6 heteroatoms. The number of carbonyl (C=O) groups excluding carboxylic acids is 1. The molecule has 3 heterocycles. The van der Waals surface area contributed by atoms with Gasteiger partial charge in [-0.15, -0.1) is 0 Å². The van der Waals surface area contributed by atoms with Gasteiger partial charge in [0.15, 0.2) is 0 Å². The summed E-state index contributed by atoms with van der Waals surface area (Å²) in [6.07, 6.45) is 7.53. The SMILES string of the molecule is C[C@@H]1CN(c2ccccn2)C[C@H]1C(=O)NCCc1cnccn1. The molecule has 2 aromatic heterocycles. The van der Waals surface area contributed by atoms with Gasteiger partial charge in [0.05, 0.1) is 11.6 Å². The third-order valence-electron chi connectivity index (χ3n) is 4.22. The van der Waals surface area contributed by atoms with Crippen molar-refractivity contribution in [2.75, 3.05) is 24.5 Å². The fraction of sp³-hybridized carbons (Fsp3) is 0.412. The molecule has 1 fully saturated rings. The van der Waals surface area contributed by atoms with Crippen molar-refractivity contribution >= 4 is 11.7 Å². The van der Waals surface area contributed by atoms with E-state index in [0.29, 0.717) is 18.9 Å². The lowest BCUT2D eigenvalue weighted by Gasteiger charge is -2.17.